The first kappa shape index (κ1) is 25.8. The second-order valence-corrected chi connectivity index (χ2v) is 7.08. The van der Waals surface area contributed by atoms with Crippen molar-refractivity contribution in [3.8, 4) is 5.75 Å². The molecule has 34 heavy (non-hydrogen) atoms. The van der Waals surface area contributed by atoms with Gasteiger partial charge >= 0.3 is 29.9 Å². The molecule has 0 heterocycles. The topological polar surface area (TPSA) is 179 Å². The zero-order valence-corrected chi connectivity index (χ0v) is 17.6. The molecule has 5 N–H and O–H groups in total. The first-order valence-electron chi connectivity index (χ1n) is 9.86. The first-order valence-corrected chi connectivity index (χ1v) is 9.86. The van der Waals surface area contributed by atoms with Crippen LogP contribution >= 0.6 is 0 Å². The van der Waals surface area contributed by atoms with Gasteiger partial charge in [0.1, 0.15) is 23.7 Å². The van der Waals surface area contributed by atoms with Crippen molar-refractivity contribution in [1.82, 2.24) is 10.6 Å². The Morgan fingerprint density at radius 3 is 1.91 bits per heavy atom. The van der Waals surface area contributed by atoms with Gasteiger partial charge in [0.05, 0.1) is 5.56 Å². The van der Waals surface area contributed by atoms with Gasteiger partial charge in [-0.2, -0.15) is 0 Å². The van der Waals surface area contributed by atoms with Crippen LogP contribution in [0.5, 0.6) is 5.75 Å². The summed E-state index contributed by atoms with van der Waals surface area (Å²) in [5, 5.41) is 31.3. The summed E-state index contributed by atoms with van der Waals surface area (Å²) in [5.74, 6) is -5.17. The Morgan fingerprint density at radius 1 is 0.824 bits per heavy atom. The van der Waals surface area contributed by atoms with Gasteiger partial charge in [-0.15, -0.1) is 0 Å². The molecule has 0 aliphatic heterocycles. The quantitative estimate of drug-likeness (QED) is 0.238. The summed E-state index contributed by atoms with van der Waals surface area (Å²) in [7, 11) is 0. The number of benzene rings is 2. The molecule has 0 saturated heterocycles. The smallest absolute Gasteiger partial charge is 0.343 e. The summed E-state index contributed by atoms with van der Waals surface area (Å²) in [6.45, 7) is 0. The Morgan fingerprint density at radius 2 is 1.38 bits per heavy atom. The molecule has 2 aromatic rings. The van der Waals surface area contributed by atoms with E-state index in [1.165, 1.54) is 36.4 Å². The minimum Gasteiger partial charge on any atom is -0.481 e. The maximum absolute atomic E-state index is 13.0. The number of nitrogens with one attached hydrogen (secondary N) is 2. The van der Waals surface area contributed by atoms with E-state index in [-0.39, 0.29) is 24.2 Å². The van der Waals surface area contributed by atoms with E-state index in [1.807, 2.05) is 5.32 Å². The Balaban J connectivity index is 1.96. The number of rotatable bonds is 11. The highest BCUT2D eigenvalue weighted by Gasteiger charge is 2.25. The highest BCUT2D eigenvalue weighted by molar-refractivity contribution is 5.91. The van der Waals surface area contributed by atoms with Gasteiger partial charge in [-0.3, -0.25) is 4.79 Å². The van der Waals surface area contributed by atoms with Crippen LogP contribution in [0.3, 0.4) is 0 Å². The van der Waals surface area contributed by atoms with Crippen LogP contribution in [-0.4, -0.2) is 57.3 Å². The van der Waals surface area contributed by atoms with Crippen molar-refractivity contribution >= 4 is 29.9 Å². The Hall–Kier alpha value is -4.48. The van der Waals surface area contributed by atoms with E-state index in [2.05, 4.69) is 5.32 Å². The molecule has 0 fully saturated rings. The molecule has 2 rings (SSSR count). The number of carbonyl (C=O) groups is 5. The molecule has 180 valence electrons. The summed E-state index contributed by atoms with van der Waals surface area (Å²) in [6.07, 6.45) is -1.06. The van der Waals surface area contributed by atoms with Gasteiger partial charge in [0.25, 0.3) is 0 Å². The summed E-state index contributed by atoms with van der Waals surface area (Å²) in [4.78, 5) is 57.4. The Labute approximate surface area is 192 Å². The van der Waals surface area contributed by atoms with Gasteiger partial charge in [-0.25, -0.2) is 23.6 Å². The molecule has 2 atom stereocenters. The van der Waals surface area contributed by atoms with Crippen molar-refractivity contribution in [1.29, 1.82) is 0 Å². The van der Waals surface area contributed by atoms with E-state index in [1.54, 1.807) is 0 Å². The molecule has 0 aliphatic carbocycles. The summed E-state index contributed by atoms with van der Waals surface area (Å²) in [6, 6.07) is 6.46. The highest BCUT2D eigenvalue weighted by atomic mass is 19.1. The molecule has 12 heteroatoms. The third kappa shape index (κ3) is 8.22. The summed E-state index contributed by atoms with van der Waals surface area (Å²) >= 11 is 0. The lowest BCUT2D eigenvalue weighted by molar-refractivity contribution is -0.140. The van der Waals surface area contributed by atoms with Crippen LogP contribution in [-0.2, 0) is 20.8 Å². The normalized spacial score (nSPS) is 12.1. The lowest BCUT2D eigenvalue weighted by atomic mass is 10.1. The van der Waals surface area contributed by atoms with Gasteiger partial charge in [-0.1, -0.05) is 12.1 Å². The fourth-order valence-corrected chi connectivity index (χ4v) is 2.76. The zero-order valence-electron chi connectivity index (χ0n) is 17.6. The van der Waals surface area contributed by atoms with Crippen LogP contribution in [0.25, 0.3) is 0 Å². The maximum atomic E-state index is 13.0. The third-order valence-electron chi connectivity index (χ3n) is 4.51. The van der Waals surface area contributed by atoms with E-state index in [4.69, 9.17) is 14.9 Å². The molecule has 2 aromatic carbocycles. The number of carboxylic acids is 3. The average Bonchev–Trinajstić information content (AvgIpc) is 2.77. The van der Waals surface area contributed by atoms with Crippen molar-refractivity contribution in [2.75, 3.05) is 0 Å². The second-order valence-electron chi connectivity index (χ2n) is 7.08. The summed E-state index contributed by atoms with van der Waals surface area (Å²) in [5.41, 5.74) is 0.588. The van der Waals surface area contributed by atoms with Crippen molar-refractivity contribution in [3.05, 3.63) is 65.5 Å². The molecule has 0 saturated carbocycles. The van der Waals surface area contributed by atoms with Gasteiger partial charge in [-0.05, 0) is 48.4 Å². The van der Waals surface area contributed by atoms with E-state index in [9.17, 15) is 33.5 Å². The predicted octanol–water partition coefficient (Wildman–Crippen LogP) is 1.66. The van der Waals surface area contributed by atoms with Crippen LogP contribution in [0, 0.1) is 5.82 Å². The molecule has 11 nitrogen and oxygen atoms in total. The van der Waals surface area contributed by atoms with Gasteiger partial charge in [0.15, 0.2) is 0 Å². The van der Waals surface area contributed by atoms with E-state index in [0.717, 1.165) is 12.1 Å². The molecule has 2 amide bonds. The molecule has 2 unspecified atom stereocenters. The first-order chi connectivity index (χ1) is 16.0. The van der Waals surface area contributed by atoms with Crippen molar-refractivity contribution < 1.29 is 48.4 Å². The molecule has 0 aromatic heterocycles. The monoisotopic (exact) mass is 476 g/mol. The fourth-order valence-electron chi connectivity index (χ4n) is 2.76. The minimum absolute atomic E-state index is 0.134. The standard InChI is InChI=1S/C22H21FN2O9/c23-14-5-3-13(4-6-14)21(32)34-15-7-1-12(2-8-15)11-17(20(30)31)25-22(33)24-16(19(28)29)9-10-18(26)27/h1-8,16-17H,9-11H2,(H,26,27)(H,28,29)(H,30,31)(H2,24,25,33). The molecular formula is C22H21FN2O9. The zero-order chi connectivity index (χ0) is 25.3. The lowest BCUT2D eigenvalue weighted by Crippen LogP contribution is -2.51. The van der Waals surface area contributed by atoms with Gasteiger partial charge < -0.3 is 30.7 Å². The lowest BCUT2D eigenvalue weighted by Gasteiger charge is -2.18. The third-order valence-corrected chi connectivity index (χ3v) is 4.51. The van der Waals surface area contributed by atoms with Crippen molar-refractivity contribution in [2.45, 2.75) is 31.3 Å². The molecule has 0 radical (unpaired) electrons. The number of urea groups is 1. The molecular weight excluding hydrogens is 455 g/mol. The number of hydrogen-bond donors (Lipinski definition) is 5. The number of ether oxygens (including phenoxy) is 1. The number of carbonyl (C=O) groups excluding carboxylic acids is 2. The number of halogens is 1. The predicted molar refractivity (Wildman–Crippen MR) is 113 cm³/mol. The highest BCUT2D eigenvalue weighted by Crippen LogP contribution is 2.16. The van der Waals surface area contributed by atoms with Crippen LogP contribution in [0.2, 0.25) is 0 Å². The van der Waals surface area contributed by atoms with Crippen molar-refractivity contribution in [2.24, 2.45) is 0 Å². The number of amides is 2. The maximum Gasteiger partial charge on any atom is 0.343 e. The number of carboxylic acid groups (broad SMARTS) is 3. The number of aliphatic carboxylic acids is 3. The number of esters is 1. The molecule has 0 aliphatic rings. The Bertz CT molecular complexity index is 1060. The van der Waals surface area contributed by atoms with Crippen LogP contribution < -0.4 is 15.4 Å². The largest absolute Gasteiger partial charge is 0.481 e. The van der Waals surface area contributed by atoms with E-state index in [0.29, 0.717) is 5.56 Å². The van der Waals surface area contributed by atoms with E-state index >= 15 is 0 Å². The van der Waals surface area contributed by atoms with Gasteiger partial charge in [0.2, 0.25) is 0 Å². The number of hydrogen-bond acceptors (Lipinski definition) is 6. The van der Waals surface area contributed by atoms with Crippen molar-refractivity contribution in [3.63, 3.8) is 0 Å². The fraction of sp³-hybridized carbons (Fsp3) is 0.227. The minimum atomic E-state index is -1.51. The molecule has 0 bridgehead atoms. The van der Waals surface area contributed by atoms with E-state index < -0.39 is 54.2 Å². The van der Waals surface area contributed by atoms with Crippen LogP contribution in [0.1, 0.15) is 28.8 Å². The van der Waals surface area contributed by atoms with Crippen LogP contribution in [0.15, 0.2) is 48.5 Å². The summed E-state index contributed by atoms with van der Waals surface area (Å²) < 4.78 is 18.1. The molecule has 0 spiro atoms. The average molecular weight is 476 g/mol. The van der Waals surface area contributed by atoms with Gasteiger partial charge in [0, 0.05) is 12.8 Å². The SMILES string of the molecule is O=C(O)CCC(NC(=O)NC(Cc1ccc(OC(=O)c2ccc(F)cc2)cc1)C(=O)O)C(=O)O. The van der Waals surface area contributed by atoms with Crippen LogP contribution in [0.4, 0.5) is 9.18 Å². The Kier molecular flexibility index (Phi) is 9.06. The second kappa shape index (κ2) is 11.9.